The van der Waals surface area contributed by atoms with Crippen molar-refractivity contribution < 1.29 is 14.3 Å². The summed E-state index contributed by atoms with van der Waals surface area (Å²) < 4.78 is 5.15. The Bertz CT molecular complexity index is 1010. The number of methoxy groups -OCH3 is 1. The summed E-state index contributed by atoms with van der Waals surface area (Å²) in [4.78, 5) is 35.2. The molecule has 0 saturated carbocycles. The van der Waals surface area contributed by atoms with Crippen molar-refractivity contribution in [2.45, 2.75) is 12.8 Å². The average molecular weight is 406 g/mol. The van der Waals surface area contributed by atoms with Gasteiger partial charge in [0, 0.05) is 42.5 Å². The van der Waals surface area contributed by atoms with Crippen molar-refractivity contribution in [2.24, 2.45) is 5.92 Å². The van der Waals surface area contributed by atoms with Crippen LogP contribution in [0, 0.1) is 5.92 Å². The third kappa shape index (κ3) is 4.29. The Morgan fingerprint density at radius 2 is 1.80 bits per heavy atom. The van der Waals surface area contributed by atoms with Crippen molar-refractivity contribution in [2.75, 3.05) is 25.5 Å². The average Bonchev–Trinajstić information content (AvgIpc) is 3.27. The van der Waals surface area contributed by atoms with Crippen molar-refractivity contribution in [3.05, 3.63) is 54.4 Å². The van der Waals surface area contributed by atoms with Gasteiger partial charge in [0.25, 0.3) is 5.91 Å². The fraction of sp³-hybridized carbons (Fsp3) is 0.286. The highest BCUT2D eigenvalue weighted by Crippen LogP contribution is 2.22. The van der Waals surface area contributed by atoms with E-state index in [-0.39, 0.29) is 23.7 Å². The number of nitrogens with zero attached hydrogens (tertiary/aromatic N) is 4. The molecule has 0 atom stereocenters. The highest BCUT2D eigenvalue weighted by atomic mass is 16.5. The zero-order valence-corrected chi connectivity index (χ0v) is 16.5. The second-order valence-electron chi connectivity index (χ2n) is 7.03. The Morgan fingerprint density at radius 3 is 2.47 bits per heavy atom. The molecule has 3 aromatic rings. The first kappa shape index (κ1) is 19.6. The number of piperidine rings is 1. The van der Waals surface area contributed by atoms with E-state index < -0.39 is 0 Å². The van der Waals surface area contributed by atoms with Crippen molar-refractivity contribution >= 4 is 17.8 Å². The normalized spacial score (nSPS) is 14.4. The van der Waals surface area contributed by atoms with Crippen molar-refractivity contribution in [3.8, 4) is 17.1 Å². The summed E-state index contributed by atoms with van der Waals surface area (Å²) in [6.07, 6.45) is 4.39. The van der Waals surface area contributed by atoms with Gasteiger partial charge in [-0.3, -0.25) is 25.0 Å². The van der Waals surface area contributed by atoms with Gasteiger partial charge in [-0.05, 0) is 49.2 Å². The molecule has 0 aliphatic carbocycles. The van der Waals surface area contributed by atoms with E-state index >= 15 is 0 Å². The zero-order valence-electron chi connectivity index (χ0n) is 16.5. The summed E-state index contributed by atoms with van der Waals surface area (Å²) in [6.45, 7) is 1.06. The van der Waals surface area contributed by atoms with Gasteiger partial charge >= 0.3 is 0 Å². The number of anilines is 1. The number of rotatable bonds is 5. The second-order valence-corrected chi connectivity index (χ2v) is 7.03. The van der Waals surface area contributed by atoms with E-state index in [9.17, 15) is 9.59 Å². The number of nitrogens with one attached hydrogen (secondary N) is 2. The molecule has 2 N–H and O–H groups in total. The Morgan fingerprint density at radius 1 is 1.10 bits per heavy atom. The standard InChI is InChI=1S/C21H22N6O3/c1-30-17-4-2-14(3-5-17)18-23-21(26-25-18)24-19(28)15-8-12-27(13-9-15)20(29)16-6-10-22-11-7-16/h2-7,10-11,15H,8-9,12-13H2,1H3,(H2,23,24,25,26,28). The van der Waals surface area contributed by atoms with Crippen LogP contribution in [0.4, 0.5) is 5.95 Å². The first-order valence-corrected chi connectivity index (χ1v) is 9.71. The van der Waals surface area contributed by atoms with Gasteiger partial charge < -0.3 is 9.64 Å². The Hall–Kier alpha value is -3.75. The smallest absolute Gasteiger partial charge is 0.253 e. The molecular weight excluding hydrogens is 384 g/mol. The lowest BCUT2D eigenvalue weighted by atomic mass is 9.95. The molecular formula is C21H22N6O3. The van der Waals surface area contributed by atoms with Crippen LogP contribution in [0.15, 0.2) is 48.8 Å². The predicted octanol–water partition coefficient (Wildman–Crippen LogP) is 2.37. The van der Waals surface area contributed by atoms with Crippen molar-refractivity contribution in [1.29, 1.82) is 0 Å². The van der Waals surface area contributed by atoms with Crippen LogP contribution in [0.3, 0.4) is 0 Å². The number of aromatic amines is 1. The molecule has 0 bridgehead atoms. The van der Waals surface area contributed by atoms with Gasteiger partial charge in [0.2, 0.25) is 11.9 Å². The van der Waals surface area contributed by atoms with E-state index in [2.05, 4.69) is 25.5 Å². The Kier molecular flexibility index (Phi) is 5.69. The molecule has 3 heterocycles. The van der Waals surface area contributed by atoms with E-state index in [1.165, 1.54) is 0 Å². The van der Waals surface area contributed by atoms with Gasteiger partial charge in [-0.15, -0.1) is 5.10 Å². The molecule has 1 aromatic carbocycles. The lowest BCUT2D eigenvalue weighted by molar-refractivity contribution is -0.121. The monoisotopic (exact) mass is 406 g/mol. The Balaban J connectivity index is 1.32. The molecule has 9 nitrogen and oxygen atoms in total. The first-order valence-electron chi connectivity index (χ1n) is 9.71. The van der Waals surface area contributed by atoms with Crippen LogP contribution in [0.2, 0.25) is 0 Å². The van der Waals surface area contributed by atoms with Crippen LogP contribution in [0.25, 0.3) is 11.4 Å². The fourth-order valence-electron chi connectivity index (χ4n) is 3.43. The van der Waals surface area contributed by atoms with E-state index in [0.29, 0.717) is 37.3 Å². The highest BCUT2D eigenvalue weighted by Gasteiger charge is 2.28. The number of ether oxygens (including phenoxy) is 1. The molecule has 4 rings (SSSR count). The largest absolute Gasteiger partial charge is 0.497 e. The lowest BCUT2D eigenvalue weighted by Crippen LogP contribution is -2.41. The zero-order chi connectivity index (χ0) is 20.9. The number of likely N-dealkylation sites (tertiary alicyclic amines) is 1. The minimum absolute atomic E-state index is 0.0330. The number of pyridine rings is 1. The van der Waals surface area contributed by atoms with Gasteiger partial charge in [0.1, 0.15) is 5.75 Å². The maximum Gasteiger partial charge on any atom is 0.253 e. The molecule has 2 aromatic heterocycles. The molecule has 1 fully saturated rings. The quantitative estimate of drug-likeness (QED) is 0.673. The van der Waals surface area contributed by atoms with Gasteiger partial charge in [-0.25, -0.2) is 0 Å². The van der Waals surface area contributed by atoms with Crippen LogP contribution in [-0.2, 0) is 4.79 Å². The molecule has 30 heavy (non-hydrogen) atoms. The number of carbonyl (C=O) groups excluding carboxylic acids is 2. The van der Waals surface area contributed by atoms with Crippen LogP contribution in [0.5, 0.6) is 5.75 Å². The SMILES string of the molecule is COc1ccc(-c2nc(NC(=O)C3CCN(C(=O)c4ccncc4)CC3)n[nH]2)cc1. The van der Waals surface area contributed by atoms with Crippen LogP contribution >= 0.6 is 0 Å². The topological polar surface area (TPSA) is 113 Å². The number of carbonyl (C=O) groups is 2. The van der Waals surface area contributed by atoms with Crippen LogP contribution in [0.1, 0.15) is 23.2 Å². The predicted molar refractivity (Wildman–Crippen MR) is 110 cm³/mol. The number of amides is 2. The fourth-order valence-corrected chi connectivity index (χ4v) is 3.43. The molecule has 9 heteroatoms. The maximum atomic E-state index is 12.6. The molecule has 0 spiro atoms. The summed E-state index contributed by atoms with van der Waals surface area (Å²) in [6, 6.07) is 10.8. The molecule has 1 saturated heterocycles. The molecule has 1 aliphatic rings. The number of aromatic nitrogens is 4. The van der Waals surface area contributed by atoms with E-state index in [0.717, 1.165) is 11.3 Å². The van der Waals surface area contributed by atoms with Crippen molar-refractivity contribution in [1.82, 2.24) is 25.1 Å². The summed E-state index contributed by atoms with van der Waals surface area (Å²) in [5.41, 5.74) is 1.45. The summed E-state index contributed by atoms with van der Waals surface area (Å²) >= 11 is 0. The van der Waals surface area contributed by atoms with Gasteiger partial charge in [-0.2, -0.15) is 4.98 Å². The van der Waals surface area contributed by atoms with Gasteiger partial charge in [-0.1, -0.05) is 0 Å². The third-order valence-corrected chi connectivity index (χ3v) is 5.16. The maximum absolute atomic E-state index is 12.6. The molecule has 154 valence electrons. The van der Waals surface area contributed by atoms with E-state index in [1.54, 1.807) is 36.5 Å². The minimum atomic E-state index is -0.186. The number of hydrogen-bond acceptors (Lipinski definition) is 6. The van der Waals surface area contributed by atoms with Crippen LogP contribution in [-0.4, -0.2) is 57.1 Å². The first-order chi connectivity index (χ1) is 14.6. The molecule has 2 amide bonds. The van der Waals surface area contributed by atoms with Crippen LogP contribution < -0.4 is 10.1 Å². The van der Waals surface area contributed by atoms with Gasteiger partial charge in [0.05, 0.1) is 7.11 Å². The number of hydrogen-bond donors (Lipinski definition) is 2. The van der Waals surface area contributed by atoms with Crippen molar-refractivity contribution in [3.63, 3.8) is 0 Å². The summed E-state index contributed by atoms with van der Waals surface area (Å²) in [5, 5.41) is 9.69. The molecule has 1 aliphatic heterocycles. The third-order valence-electron chi connectivity index (χ3n) is 5.16. The second kappa shape index (κ2) is 8.73. The summed E-state index contributed by atoms with van der Waals surface area (Å²) in [7, 11) is 1.61. The summed E-state index contributed by atoms with van der Waals surface area (Å²) in [5.74, 6) is 1.20. The van der Waals surface area contributed by atoms with E-state index in [1.807, 2.05) is 24.3 Å². The Labute approximate surface area is 173 Å². The lowest BCUT2D eigenvalue weighted by Gasteiger charge is -2.31. The number of benzene rings is 1. The number of H-pyrrole nitrogens is 1. The van der Waals surface area contributed by atoms with E-state index in [4.69, 9.17) is 4.74 Å². The minimum Gasteiger partial charge on any atom is -0.497 e. The highest BCUT2D eigenvalue weighted by molar-refractivity contribution is 5.95. The molecule has 0 radical (unpaired) electrons. The van der Waals surface area contributed by atoms with Gasteiger partial charge in [0.15, 0.2) is 5.82 Å². The molecule has 0 unspecified atom stereocenters.